The fourth-order valence-electron chi connectivity index (χ4n) is 3.63. The van der Waals surface area contributed by atoms with E-state index in [1.165, 1.54) is 5.70 Å². The van der Waals surface area contributed by atoms with Gasteiger partial charge in [-0.05, 0) is 37.5 Å². The Morgan fingerprint density at radius 3 is 2.46 bits per heavy atom. The summed E-state index contributed by atoms with van der Waals surface area (Å²) in [6.45, 7) is 3.64. The normalized spacial score (nSPS) is 21.8. The predicted molar refractivity (Wildman–Crippen MR) is 105 cm³/mol. The summed E-state index contributed by atoms with van der Waals surface area (Å²) in [6.07, 6.45) is 9.29. The molecular formula is C20H29N6O2+. The summed E-state index contributed by atoms with van der Waals surface area (Å²) in [6, 6.07) is 3.80. The quantitative estimate of drug-likeness (QED) is 0.554. The van der Waals surface area contributed by atoms with Crippen LogP contribution in [0.5, 0.6) is 0 Å². The van der Waals surface area contributed by atoms with E-state index in [-0.39, 0.29) is 11.8 Å². The van der Waals surface area contributed by atoms with Gasteiger partial charge in [-0.1, -0.05) is 20.3 Å². The lowest BCUT2D eigenvalue weighted by atomic mass is 9.78. The summed E-state index contributed by atoms with van der Waals surface area (Å²) in [5.41, 5.74) is 7.41. The van der Waals surface area contributed by atoms with Gasteiger partial charge in [0.15, 0.2) is 11.6 Å². The van der Waals surface area contributed by atoms with Crippen LogP contribution in [0.15, 0.2) is 35.8 Å². The second-order valence-corrected chi connectivity index (χ2v) is 7.24. The number of aromatic nitrogens is 2. The Labute approximate surface area is 165 Å². The number of amides is 2. The highest BCUT2D eigenvalue weighted by Gasteiger charge is 2.30. The minimum absolute atomic E-state index is 0.00104. The average Bonchev–Trinajstić information content (AvgIpc) is 2.74. The summed E-state index contributed by atoms with van der Waals surface area (Å²) in [5, 5.41) is 14.1. The number of rotatable bonds is 6. The maximum absolute atomic E-state index is 11.5. The molecule has 0 radical (unpaired) electrons. The zero-order valence-corrected chi connectivity index (χ0v) is 16.5. The van der Waals surface area contributed by atoms with Crippen LogP contribution in [0.1, 0.15) is 64.0 Å². The van der Waals surface area contributed by atoms with Crippen molar-refractivity contribution in [1.82, 2.24) is 20.9 Å². The Hall–Kier alpha value is -2.74. The minimum Gasteiger partial charge on any atom is -0.309 e. The molecule has 1 aliphatic heterocycles. The van der Waals surface area contributed by atoms with Gasteiger partial charge in [0, 0.05) is 30.8 Å². The van der Waals surface area contributed by atoms with E-state index in [9.17, 15) is 9.59 Å². The van der Waals surface area contributed by atoms with Crippen molar-refractivity contribution in [3.05, 3.63) is 41.5 Å². The van der Waals surface area contributed by atoms with Crippen molar-refractivity contribution < 1.29 is 15.0 Å². The number of nitrogens with one attached hydrogen (secondary N) is 3. The van der Waals surface area contributed by atoms with Crippen LogP contribution in [0, 0.1) is 5.92 Å². The standard InChI is InChI=1S/C20H28N6O2/c1-3-19(27)21-17-10-8-15(23-25-17)13-6-5-7-14(12-13)16-9-11-18(26-24-16)22-20(28)4-2/h8-11,13-14,23,25H,3-7,12H2,1-2H3,(H,21,27)(H,22,26,28)/p+1. The van der Waals surface area contributed by atoms with Gasteiger partial charge in [0.05, 0.1) is 5.69 Å². The zero-order chi connectivity index (χ0) is 19.9. The number of anilines is 1. The van der Waals surface area contributed by atoms with Crippen LogP contribution >= 0.6 is 0 Å². The van der Waals surface area contributed by atoms with Gasteiger partial charge in [0.1, 0.15) is 5.70 Å². The molecule has 3 rings (SSSR count). The molecule has 1 aromatic heterocycles. The van der Waals surface area contributed by atoms with Gasteiger partial charge < -0.3 is 10.6 Å². The van der Waals surface area contributed by atoms with E-state index in [2.05, 4.69) is 32.3 Å². The average molecular weight is 385 g/mol. The molecule has 1 saturated carbocycles. The lowest BCUT2D eigenvalue weighted by molar-refractivity contribution is -0.666. The molecule has 0 aromatic carbocycles. The predicted octanol–water partition coefficient (Wildman–Crippen LogP) is 1.43. The fourth-order valence-corrected chi connectivity index (χ4v) is 3.63. The summed E-state index contributed by atoms with van der Waals surface area (Å²) in [7, 11) is 0. The van der Waals surface area contributed by atoms with Gasteiger partial charge in [0.2, 0.25) is 11.8 Å². The molecule has 1 aliphatic carbocycles. The summed E-state index contributed by atoms with van der Waals surface area (Å²) in [5.74, 6) is 1.98. The first-order valence-corrected chi connectivity index (χ1v) is 10.0. The van der Waals surface area contributed by atoms with Gasteiger partial charge in [-0.15, -0.1) is 5.10 Å². The van der Waals surface area contributed by atoms with Crippen molar-refractivity contribution in [3.63, 3.8) is 0 Å². The van der Waals surface area contributed by atoms with E-state index in [4.69, 9.17) is 0 Å². The molecule has 2 atom stereocenters. The highest BCUT2D eigenvalue weighted by molar-refractivity contribution is 5.89. The number of hydrogen-bond donors (Lipinski definition) is 4. The van der Waals surface area contributed by atoms with Gasteiger partial charge >= 0.3 is 0 Å². The first kappa shape index (κ1) is 20.0. The van der Waals surface area contributed by atoms with Crippen LogP contribution < -0.4 is 21.5 Å². The molecule has 2 unspecified atom stereocenters. The second kappa shape index (κ2) is 9.45. The lowest BCUT2D eigenvalue weighted by Gasteiger charge is -2.29. The van der Waals surface area contributed by atoms with E-state index in [0.717, 1.165) is 37.2 Å². The molecule has 150 valence electrons. The summed E-state index contributed by atoms with van der Waals surface area (Å²) in [4.78, 5) is 23.0. The third kappa shape index (κ3) is 5.16. The maximum atomic E-state index is 11.5. The number of nitrogens with two attached hydrogens (primary N) is 1. The molecule has 0 saturated heterocycles. The minimum atomic E-state index is -0.0606. The van der Waals surface area contributed by atoms with Gasteiger partial charge in [0.25, 0.3) is 0 Å². The fraction of sp³-hybridized carbons (Fsp3) is 0.500. The Kier molecular flexibility index (Phi) is 6.76. The molecule has 28 heavy (non-hydrogen) atoms. The molecule has 0 spiro atoms. The van der Waals surface area contributed by atoms with E-state index in [0.29, 0.717) is 30.5 Å². The topological polar surface area (TPSA) is 113 Å². The Morgan fingerprint density at radius 2 is 1.82 bits per heavy atom. The second-order valence-electron chi connectivity index (χ2n) is 7.24. The Balaban J connectivity index is 1.61. The first-order valence-electron chi connectivity index (χ1n) is 10.0. The molecule has 2 heterocycles. The third-order valence-corrected chi connectivity index (χ3v) is 5.27. The van der Waals surface area contributed by atoms with Crippen LogP contribution in [-0.4, -0.2) is 22.0 Å². The van der Waals surface area contributed by atoms with Crippen molar-refractivity contribution in [1.29, 1.82) is 0 Å². The van der Waals surface area contributed by atoms with E-state index in [1.807, 2.05) is 30.6 Å². The third-order valence-electron chi connectivity index (χ3n) is 5.27. The van der Waals surface area contributed by atoms with Crippen LogP contribution in [0.25, 0.3) is 0 Å². The number of carbonyl (C=O) groups excluding carboxylic acids is 2. The van der Waals surface area contributed by atoms with Crippen molar-refractivity contribution in [2.24, 2.45) is 5.92 Å². The maximum Gasteiger partial charge on any atom is 0.225 e. The molecule has 8 heteroatoms. The number of nitrogens with zero attached hydrogens (tertiary/aromatic N) is 2. The van der Waals surface area contributed by atoms with E-state index < -0.39 is 0 Å². The number of carbonyl (C=O) groups is 2. The molecule has 0 bridgehead atoms. The largest absolute Gasteiger partial charge is 0.309 e. The molecule has 1 aromatic rings. The molecule has 5 N–H and O–H groups in total. The molecule has 1 fully saturated rings. The monoisotopic (exact) mass is 385 g/mol. The Bertz CT molecular complexity index is 771. The van der Waals surface area contributed by atoms with Crippen LogP contribution in [0.3, 0.4) is 0 Å². The lowest BCUT2D eigenvalue weighted by Crippen LogP contribution is -2.93. The molecule has 2 aliphatic rings. The smallest absolute Gasteiger partial charge is 0.225 e. The van der Waals surface area contributed by atoms with Gasteiger partial charge in [-0.3, -0.25) is 9.59 Å². The van der Waals surface area contributed by atoms with Crippen molar-refractivity contribution in [3.8, 4) is 0 Å². The SMILES string of the molecule is CCC(=O)NC1=CC=C(C2CCCC(c3ccc(NC(=O)CC)nn3)C2)[NH2+]N1. The highest BCUT2D eigenvalue weighted by atomic mass is 16.2. The first-order chi connectivity index (χ1) is 13.6. The highest BCUT2D eigenvalue weighted by Crippen LogP contribution is 2.37. The van der Waals surface area contributed by atoms with E-state index >= 15 is 0 Å². The van der Waals surface area contributed by atoms with Gasteiger partial charge in [-0.2, -0.15) is 5.10 Å². The molecular weight excluding hydrogens is 356 g/mol. The number of allylic oxidation sites excluding steroid dienone is 3. The van der Waals surface area contributed by atoms with Crippen molar-refractivity contribution in [2.45, 2.75) is 58.3 Å². The van der Waals surface area contributed by atoms with Gasteiger partial charge in [-0.25, -0.2) is 10.9 Å². The van der Waals surface area contributed by atoms with E-state index in [1.54, 1.807) is 6.92 Å². The Morgan fingerprint density at radius 1 is 1.07 bits per heavy atom. The molecule has 8 nitrogen and oxygen atoms in total. The van der Waals surface area contributed by atoms with Crippen LogP contribution in [-0.2, 0) is 9.59 Å². The molecule has 2 amide bonds. The van der Waals surface area contributed by atoms with Crippen molar-refractivity contribution >= 4 is 17.6 Å². The zero-order valence-electron chi connectivity index (χ0n) is 16.5. The number of hydrogen-bond acceptors (Lipinski definition) is 5. The number of quaternary nitrogens is 1. The summed E-state index contributed by atoms with van der Waals surface area (Å²) < 4.78 is 0. The van der Waals surface area contributed by atoms with Crippen LogP contribution in [0.2, 0.25) is 0 Å². The van der Waals surface area contributed by atoms with Crippen LogP contribution in [0.4, 0.5) is 5.82 Å². The van der Waals surface area contributed by atoms with Crippen molar-refractivity contribution in [2.75, 3.05) is 5.32 Å². The summed E-state index contributed by atoms with van der Waals surface area (Å²) >= 11 is 0.